The Balaban J connectivity index is 2.61. The number of rotatable bonds is 4. The first-order valence-electron chi connectivity index (χ1n) is 5.45. The van der Waals surface area contributed by atoms with Gasteiger partial charge in [-0.3, -0.25) is 10.1 Å². The van der Waals surface area contributed by atoms with Crippen molar-refractivity contribution < 1.29 is 23.9 Å². The van der Waals surface area contributed by atoms with Crippen molar-refractivity contribution in [2.24, 2.45) is 0 Å². The number of fused-ring (bicyclic) bond motifs is 1. The van der Waals surface area contributed by atoms with Crippen molar-refractivity contribution in [3.05, 3.63) is 27.4 Å². The van der Waals surface area contributed by atoms with Gasteiger partial charge in [0.2, 0.25) is 24.0 Å². The van der Waals surface area contributed by atoms with Crippen LogP contribution in [0.2, 0.25) is 0 Å². The minimum absolute atomic E-state index is 0.0146. The predicted molar refractivity (Wildman–Crippen MR) is 66.3 cm³/mol. The summed E-state index contributed by atoms with van der Waals surface area (Å²) in [6.45, 7) is 1.46. The Kier molecular flexibility index (Phi) is 3.46. The SMILES string of the molecule is COc1cc(C=C(C)[N+](=O)[O-])c(OC)c2c1OCO2. The molecule has 0 aromatic heterocycles. The largest absolute Gasteiger partial charge is 0.493 e. The molecule has 19 heavy (non-hydrogen) atoms. The van der Waals surface area contributed by atoms with Gasteiger partial charge in [-0.2, -0.15) is 0 Å². The Morgan fingerprint density at radius 3 is 2.63 bits per heavy atom. The topological polar surface area (TPSA) is 80.1 Å². The summed E-state index contributed by atoms with van der Waals surface area (Å²) in [7, 11) is 2.94. The van der Waals surface area contributed by atoms with E-state index in [0.717, 1.165) is 0 Å². The van der Waals surface area contributed by atoms with Crippen molar-refractivity contribution in [1.82, 2.24) is 0 Å². The van der Waals surface area contributed by atoms with Crippen LogP contribution in [0, 0.1) is 10.1 Å². The van der Waals surface area contributed by atoms with E-state index in [0.29, 0.717) is 28.6 Å². The lowest BCUT2D eigenvalue weighted by Gasteiger charge is -2.11. The summed E-state index contributed by atoms with van der Waals surface area (Å²) in [5.74, 6) is 1.66. The summed E-state index contributed by atoms with van der Waals surface area (Å²) in [5.41, 5.74) is 0.483. The third-order valence-electron chi connectivity index (χ3n) is 2.67. The van der Waals surface area contributed by atoms with E-state index >= 15 is 0 Å². The average Bonchev–Trinajstić information content (AvgIpc) is 2.86. The number of nitro groups is 1. The second-order valence-corrected chi connectivity index (χ2v) is 3.81. The van der Waals surface area contributed by atoms with Gasteiger partial charge in [-0.15, -0.1) is 0 Å². The summed E-state index contributed by atoms with van der Waals surface area (Å²) >= 11 is 0. The number of methoxy groups -OCH3 is 2. The maximum atomic E-state index is 10.7. The predicted octanol–water partition coefficient (Wildman–Crippen LogP) is 2.07. The summed E-state index contributed by atoms with van der Waals surface area (Å²) in [4.78, 5) is 10.2. The standard InChI is InChI=1S/C12H13NO6/c1-7(13(14)15)4-8-5-9(16-2)11-12(10(8)17-3)19-6-18-11/h4-5H,6H2,1-3H3. The van der Waals surface area contributed by atoms with Crippen LogP contribution >= 0.6 is 0 Å². The van der Waals surface area contributed by atoms with Crippen molar-refractivity contribution in [3.63, 3.8) is 0 Å². The van der Waals surface area contributed by atoms with E-state index in [1.54, 1.807) is 6.07 Å². The normalized spacial score (nSPS) is 13.3. The van der Waals surface area contributed by atoms with Gasteiger partial charge in [0, 0.05) is 18.6 Å². The van der Waals surface area contributed by atoms with Gasteiger partial charge < -0.3 is 18.9 Å². The van der Waals surface area contributed by atoms with E-state index in [2.05, 4.69) is 0 Å². The molecule has 0 atom stereocenters. The quantitative estimate of drug-likeness (QED) is 0.613. The molecule has 0 saturated carbocycles. The molecule has 1 aromatic carbocycles. The van der Waals surface area contributed by atoms with Crippen LogP contribution in [0.3, 0.4) is 0 Å². The Labute approximate surface area is 109 Å². The first-order chi connectivity index (χ1) is 9.08. The minimum Gasteiger partial charge on any atom is -0.493 e. The van der Waals surface area contributed by atoms with E-state index in [9.17, 15) is 10.1 Å². The highest BCUT2D eigenvalue weighted by Gasteiger charge is 2.26. The second-order valence-electron chi connectivity index (χ2n) is 3.81. The second kappa shape index (κ2) is 5.05. The maximum absolute atomic E-state index is 10.7. The molecule has 0 radical (unpaired) electrons. The van der Waals surface area contributed by atoms with Crippen LogP contribution < -0.4 is 18.9 Å². The highest BCUT2D eigenvalue weighted by atomic mass is 16.7. The maximum Gasteiger partial charge on any atom is 0.243 e. The lowest BCUT2D eigenvalue weighted by Crippen LogP contribution is -1.96. The third kappa shape index (κ3) is 2.26. The zero-order chi connectivity index (χ0) is 14.0. The molecule has 7 nitrogen and oxygen atoms in total. The highest BCUT2D eigenvalue weighted by molar-refractivity contribution is 5.72. The molecule has 102 valence electrons. The van der Waals surface area contributed by atoms with Gasteiger partial charge in [0.05, 0.1) is 19.1 Å². The molecule has 1 aromatic rings. The zero-order valence-corrected chi connectivity index (χ0v) is 10.8. The fourth-order valence-corrected chi connectivity index (χ4v) is 1.78. The van der Waals surface area contributed by atoms with Crippen molar-refractivity contribution in [3.8, 4) is 23.0 Å². The van der Waals surface area contributed by atoms with E-state index in [-0.39, 0.29) is 12.5 Å². The first kappa shape index (κ1) is 13.0. The molecule has 0 spiro atoms. The van der Waals surface area contributed by atoms with Crippen molar-refractivity contribution in [2.45, 2.75) is 6.92 Å². The van der Waals surface area contributed by atoms with Crippen molar-refractivity contribution in [1.29, 1.82) is 0 Å². The molecular formula is C12H13NO6. The van der Waals surface area contributed by atoms with Crippen molar-refractivity contribution in [2.75, 3.05) is 21.0 Å². The zero-order valence-electron chi connectivity index (χ0n) is 10.8. The summed E-state index contributed by atoms with van der Waals surface area (Å²) in [6, 6.07) is 1.61. The summed E-state index contributed by atoms with van der Waals surface area (Å²) in [5, 5.41) is 10.7. The van der Waals surface area contributed by atoms with E-state index < -0.39 is 4.92 Å². The van der Waals surface area contributed by atoms with Crippen LogP contribution in [0.25, 0.3) is 6.08 Å². The van der Waals surface area contributed by atoms with Gasteiger partial charge >= 0.3 is 0 Å². The molecule has 0 bridgehead atoms. The van der Waals surface area contributed by atoms with Crippen molar-refractivity contribution >= 4 is 6.08 Å². The first-order valence-corrected chi connectivity index (χ1v) is 5.45. The Morgan fingerprint density at radius 1 is 1.37 bits per heavy atom. The van der Waals surface area contributed by atoms with E-state index in [1.165, 1.54) is 27.2 Å². The Morgan fingerprint density at radius 2 is 2.05 bits per heavy atom. The minimum atomic E-state index is -0.476. The Hall–Kier alpha value is -2.44. The van der Waals surface area contributed by atoms with Gasteiger partial charge in [-0.25, -0.2) is 0 Å². The molecule has 2 rings (SSSR count). The number of benzene rings is 1. The van der Waals surface area contributed by atoms with Crippen LogP contribution in [-0.2, 0) is 0 Å². The van der Waals surface area contributed by atoms with Gasteiger partial charge in [0.1, 0.15) is 0 Å². The smallest absolute Gasteiger partial charge is 0.243 e. The van der Waals surface area contributed by atoms with E-state index in [1.807, 2.05) is 0 Å². The Bertz CT molecular complexity index is 552. The molecule has 1 heterocycles. The third-order valence-corrected chi connectivity index (χ3v) is 2.67. The summed E-state index contributed by atoms with van der Waals surface area (Å²) < 4.78 is 21.0. The molecular weight excluding hydrogens is 254 g/mol. The number of nitrogens with zero attached hydrogens (tertiary/aromatic N) is 1. The highest BCUT2D eigenvalue weighted by Crippen LogP contribution is 2.49. The van der Waals surface area contributed by atoms with Gasteiger partial charge in [-0.05, 0) is 6.07 Å². The van der Waals surface area contributed by atoms with Crippen LogP contribution in [0.1, 0.15) is 12.5 Å². The monoisotopic (exact) mass is 267 g/mol. The summed E-state index contributed by atoms with van der Waals surface area (Å²) in [6.07, 6.45) is 1.39. The van der Waals surface area contributed by atoms with E-state index in [4.69, 9.17) is 18.9 Å². The number of hydrogen-bond donors (Lipinski definition) is 0. The molecule has 1 aliphatic heterocycles. The van der Waals surface area contributed by atoms with Crippen LogP contribution in [-0.4, -0.2) is 25.9 Å². The molecule has 0 N–H and O–H groups in total. The number of ether oxygens (including phenoxy) is 4. The fourth-order valence-electron chi connectivity index (χ4n) is 1.78. The number of allylic oxidation sites excluding steroid dienone is 1. The average molecular weight is 267 g/mol. The lowest BCUT2D eigenvalue weighted by molar-refractivity contribution is -0.422. The molecule has 0 aliphatic carbocycles. The molecule has 1 aliphatic rings. The molecule has 0 amide bonds. The molecule has 7 heteroatoms. The molecule has 0 unspecified atom stereocenters. The molecule has 0 fully saturated rings. The van der Waals surface area contributed by atoms with Gasteiger partial charge in [0.25, 0.3) is 0 Å². The van der Waals surface area contributed by atoms with Gasteiger partial charge in [-0.1, -0.05) is 0 Å². The van der Waals surface area contributed by atoms with Crippen LogP contribution in [0.15, 0.2) is 11.8 Å². The molecule has 0 saturated heterocycles. The number of hydrogen-bond acceptors (Lipinski definition) is 6. The van der Waals surface area contributed by atoms with Crippen LogP contribution in [0.4, 0.5) is 0 Å². The van der Waals surface area contributed by atoms with Crippen LogP contribution in [0.5, 0.6) is 23.0 Å². The fraction of sp³-hybridized carbons (Fsp3) is 0.333. The van der Waals surface area contributed by atoms with Gasteiger partial charge in [0.15, 0.2) is 11.5 Å². The lowest BCUT2D eigenvalue weighted by atomic mass is 10.1.